The summed E-state index contributed by atoms with van der Waals surface area (Å²) in [5.74, 6) is -0.552. The van der Waals surface area contributed by atoms with Gasteiger partial charge in [-0.05, 0) is 69.2 Å². The van der Waals surface area contributed by atoms with E-state index >= 15 is 0 Å². The van der Waals surface area contributed by atoms with E-state index in [1.807, 2.05) is 58.0 Å². The van der Waals surface area contributed by atoms with Crippen LogP contribution in [0.4, 0.5) is 5.69 Å². The normalized spacial score (nSPS) is 10.6. The van der Waals surface area contributed by atoms with Crippen LogP contribution in [-0.2, 0) is 4.79 Å². The van der Waals surface area contributed by atoms with Gasteiger partial charge in [-0.15, -0.1) is 0 Å². The fourth-order valence-corrected chi connectivity index (χ4v) is 3.22. The Morgan fingerprint density at radius 1 is 0.964 bits per heavy atom. The number of amides is 2. The van der Waals surface area contributed by atoms with Gasteiger partial charge < -0.3 is 10.6 Å². The molecule has 0 atom stereocenters. The van der Waals surface area contributed by atoms with Crippen molar-refractivity contribution in [3.63, 3.8) is 0 Å². The lowest BCUT2D eigenvalue weighted by molar-refractivity contribution is -0.115. The average Bonchev–Trinajstić information content (AvgIpc) is 3.08. The van der Waals surface area contributed by atoms with E-state index < -0.39 is 0 Å². The van der Waals surface area contributed by atoms with Crippen LogP contribution in [-0.4, -0.2) is 28.1 Å². The van der Waals surface area contributed by atoms with Crippen molar-refractivity contribution >= 4 is 17.5 Å². The summed E-state index contributed by atoms with van der Waals surface area (Å²) in [6, 6.07) is 13.0. The number of aryl methyl sites for hydroxylation is 4. The lowest BCUT2D eigenvalue weighted by Crippen LogP contribution is -2.33. The maximum atomic E-state index is 12.3. The monoisotopic (exact) mass is 376 g/mol. The summed E-state index contributed by atoms with van der Waals surface area (Å²) in [6.45, 7) is 7.80. The summed E-state index contributed by atoms with van der Waals surface area (Å²) in [5, 5.41) is 9.79. The molecule has 0 aliphatic rings. The van der Waals surface area contributed by atoms with E-state index in [2.05, 4.69) is 15.7 Å². The number of hydrogen-bond acceptors (Lipinski definition) is 3. The predicted octanol–water partition coefficient (Wildman–Crippen LogP) is 3.47. The molecule has 0 radical (unpaired) electrons. The number of carbonyl (C=O) groups is 2. The molecule has 6 nitrogen and oxygen atoms in total. The topological polar surface area (TPSA) is 76.0 Å². The molecular formula is C22H24N4O2. The second-order valence-electron chi connectivity index (χ2n) is 6.94. The first-order valence-corrected chi connectivity index (χ1v) is 9.12. The van der Waals surface area contributed by atoms with Crippen LogP contribution >= 0.6 is 0 Å². The fraction of sp³-hybridized carbons (Fsp3) is 0.227. The molecule has 1 aromatic heterocycles. The van der Waals surface area contributed by atoms with Crippen molar-refractivity contribution in [3.05, 3.63) is 76.6 Å². The van der Waals surface area contributed by atoms with Crippen molar-refractivity contribution in [1.82, 2.24) is 15.1 Å². The van der Waals surface area contributed by atoms with Gasteiger partial charge in [0.2, 0.25) is 5.91 Å². The smallest absolute Gasteiger partial charge is 0.251 e. The highest BCUT2D eigenvalue weighted by Crippen LogP contribution is 2.21. The number of rotatable bonds is 5. The highest BCUT2D eigenvalue weighted by Gasteiger charge is 2.11. The van der Waals surface area contributed by atoms with E-state index in [4.69, 9.17) is 0 Å². The van der Waals surface area contributed by atoms with Crippen molar-refractivity contribution in [2.45, 2.75) is 27.7 Å². The van der Waals surface area contributed by atoms with Gasteiger partial charge in [0.05, 0.1) is 12.2 Å². The first kappa shape index (κ1) is 19.4. The van der Waals surface area contributed by atoms with E-state index in [1.165, 1.54) is 0 Å². The SMILES string of the molecule is Cc1cc(C)c(NC(=O)CNC(=O)c2ccc(-n3nccc3C)cc2)c(C)c1. The van der Waals surface area contributed by atoms with Gasteiger partial charge in [0.15, 0.2) is 0 Å². The second kappa shape index (κ2) is 8.08. The maximum Gasteiger partial charge on any atom is 0.251 e. The summed E-state index contributed by atoms with van der Waals surface area (Å²) in [5.41, 5.74) is 6.32. The van der Waals surface area contributed by atoms with Crippen LogP contribution in [0.2, 0.25) is 0 Å². The molecule has 144 valence electrons. The molecule has 0 saturated heterocycles. The molecule has 6 heteroatoms. The van der Waals surface area contributed by atoms with Gasteiger partial charge >= 0.3 is 0 Å². The molecular weight excluding hydrogens is 352 g/mol. The molecule has 1 heterocycles. The van der Waals surface area contributed by atoms with E-state index in [0.29, 0.717) is 5.56 Å². The zero-order valence-corrected chi connectivity index (χ0v) is 16.5. The number of hydrogen-bond donors (Lipinski definition) is 2. The second-order valence-corrected chi connectivity index (χ2v) is 6.94. The Labute approximate surface area is 164 Å². The van der Waals surface area contributed by atoms with Gasteiger partial charge in [0, 0.05) is 23.1 Å². The fourth-order valence-electron chi connectivity index (χ4n) is 3.22. The zero-order chi connectivity index (χ0) is 20.3. The van der Waals surface area contributed by atoms with Gasteiger partial charge in [0.25, 0.3) is 5.91 Å². The molecule has 0 fully saturated rings. The van der Waals surface area contributed by atoms with Gasteiger partial charge in [-0.1, -0.05) is 17.7 Å². The quantitative estimate of drug-likeness (QED) is 0.716. The Hall–Kier alpha value is -3.41. The molecule has 3 rings (SSSR count). The van der Waals surface area contributed by atoms with Crippen LogP contribution in [0.15, 0.2) is 48.7 Å². The number of anilines is 1. The third kappa shape index (κ3) is 4.28. The van der Waals surface area contributed by atoms with Crippen LogP contribution < -0.4 is 10.6 Å². The van der Waals surface area contributed by atoms with Crippen LogP contribution in [0.1, 0.15) is 32.7 Å². The lowest BCUT2D eigenvalue weighted by Gasteiger charge is -2.13. The standard InChI is InChI=1S/C22H24N4O2/c1-14-11-15(2)21(16(3)12-14)25-20(27)13-23-22(28)18-5-7-19(8-6-18)26-17(4)9-10-24-26/h5-12H,13H2,1-4H3,(H,23,28)(H,25,27). The molecule has 0 unspecified atom stereocenters. The summed E-state index contributed by atoms with van der Waals surface area (Å²) in [4.78, 5) is 24.6. The molecule has 0 spiro atoms. The molecule has 2 aromatic carbocycles. The van der Waals surface area contributed by atoms with Crippen molar-refractivity contribution in [2.24, 2.45) is 0 Å². The Kier molecular flexibility index (Phi) is 5.59. The Morgan fingerprint density at radius 2 is 1.61 bits per heavy atom. The van der Waals surface area contributed by atoms with Crippen molar-refractivity contribution < 1.29 is 9.59 Å². The molecule has 2 amide bonds. The highest BCUT2D eigenvalue weighted by atomic mass is 16.2. The van der Waals surface area contributed by atoms with Gasteiger partial charge in [-0.2, -0.15) is 5.10 Å². The van der Waals surface area contributed by atoms with Gasteiger partial charge in [-0.3, -0.25) is 9.59 Å². The summed E-state index contributed by atoms with van der Waals surface area (Å²) >= 11 is 0. The van der Waals surface area contributed by atoms with Crippen LogP contribution in [0.5, 0.6) is 0 Å². The van der Waals surface area contributed by atoms with Gasteiger partial charge in [-0.25, -0.2) is 4.68 Å². The third-order valence-electron chi connectivity index (χ3n) is 4.56. The Balaban J connectivity index is 1.59. The molecule has 0 aliphatic carbocycles. The van der Waals surface area contributed by atoms with E-state index in [-0.39, 0.29) is 18.4 Å². The molecule has 0 saturated carbocycles. The Morgan fingerprint density at radius 3 is 2.18 bits per heavy atom. The number of carbonyl (C=O) groups excluding carboxylic acids is 2. The molecule has 2 N–H and O–H groups in total. The van der Waals surface area contributed by atoms with E-state index in [0.717, 1.165) is 33.8 Å². The molecule has 28 heavy (non-hydrogen) atoms. The summed E-state index contributed by atoms with van der Waals surface area (Å²) in [6.07, 6.45) is 1.73. The molecule has 3 aromatic rings. The predicted molar refractivity (Wildman–Crippen MR) is 110 cm³/mol. The first-order chi connectivity index (χ1) is 13.3. The van der Waals surface area contributed by atoms with E-state index in [9.17, 15) is 9.59 Å². The summed E-state index contributed by atoms with van der Waals surface area (Å²) < 4.78 is 1.79. The zero-order valence-electron chi connectivity index (χ0n) is 16.5. The van der Waals surface area contributed by atoms with Crippen molar-refractivity contribution in [3.8, 4) is 5.69 Å². The van der Waals surface area contributed by atoms with Gasteiger partial charge in [0.1, 0.15) is 0 Å². The third-order valence-corrected chi connectivity index (χ3v) is 4.56. The number of nitrogens with zero attached hydrogens (tertiary/aromatic N) is 2. The minimum Gasteiger partial charge on any atom is -0.343 e. The minimum atomic E-state index is -0.295. The molecule has 0 aliphatic heterocycles. The molecule has 0 bridgehead atoms. The number of benzene rings is 2. The van der Waals surface area contributed by atoms with Crippen LogP contribution in [0.25, 0.3) is 5.69 Å². The van der Waals surface area contributed by atoms with Crippen molar-refractivity contribution in [2.75, 3.05) is 11.9 Å². The Bertz CT molecular complexity index is 996. The lowest BCUT2D eigenvalue weighted by atomic mass is 10.1. The van der Waals surface area contributed by atoms with Crippen molar-refractivity contribution in [1.29, 1.82) is 0 Å². The van der Waals surface area contributed by atoms with Crippen LogP contribution in [0.3, 0.4) is 0 Å². The minimum absolute atomic E-state index is 0.0917. The highest BCUT2D eigenvalue weighted by molar-refractivity contribution is 5.99. The largest absolute Gasteiger partial charge is 0.343 e. The number of nitrogens with one attached hydrogen (secondary N) is 2. The average molecular weight is 376 g/mol. The maximum absolute atomic E-state index is 12.3. The van der Waals surface area contributed by atoms with Crippen LogP contribution in [0, 0.1) is 27.7 Å². The number of aromatic nitrogens is 2. The first-order valence-electron chi connectivity index (χ1n) is 9.12. The van der Waals surface area contributed by atoms with E-state index in [1.54, 1.807) is 23.0 Å². The summed E-state index contributed by atoms with van der Waals surface area (Å²) in [7, 11) is 0.